The first-order valence-electron chi connectivity index (χ1n) is 9.26. The van der Waals surface area contributed by atoms with Gasteiger partial charge in [0.15, 0.2) is 0 Å². The number of aromatic nitrogens is 1. The number of carbonyl (C=O) groups excluding carboxylic acids is 1. The van der Waals surface area contributed by atoms with Crippen LogP contribution in [0.5, 0.6) is 0 Å². The number of nitro benzene ring substituents is 1. The van der Waals surface area contributed by atoms with Gasteiger partial charge in [-0.1, -0.05) is 30.3 Å². The van der Waals surface area contributed by atoms with Crippen molar-refractivity contribution in [3.63, 3.8) is 0 Å². The molecule has 1 saturated heterocycles. The average Bonchev–Trinajstić information content (AvgIpc) is 2.73. The third-order valence-electron chi connectivity index (χ3n) is 5.14. The van der Waals surface area contributed by atoms with Crippen LogP contribution >= 0.6 is 0 Å². The van der Waals surface area contributed by atoms with Crippen molar-refractivity contribution in [1.82, 2.24) is 4.98 Å². The predicted octanol–water partition coefficient (Wildman–Crippen LogP) is 4.00. The quantitative estimate of drug-likeness (QED) is 0.549. The third kappa shape index (κ3) is 3.64. The Balaban J connectivity index is 1.40. The summed E-state index contributed by atoms with van der Waals surface area (Å²) in [6, 6.07) is 16.4. The number of hydrogen-bond donors (Lipinski definition) is 1. The topological polar surface area (TPSA) is 88.4 Å². The molecule has 2 aromatic carbocycles. The average molecular weight is 376 g/mol. The van der Waals surface area contributed by atoms with Gasteiger partial charge < -0.3 is 10.2 Å². The number of benzene rings is 2. The molecule has 0 radical (unpaired) electrons. The number of nitrogens with one attached hydrogen (secondary N) is 1. The molecule has 3 aromatic rings. The van der Waals surface area contributed by atoms with Crippen molar-refractivity contribution >= 4 is 33.9 Å². The highest BCUT2D eigenvalue weighted by Gasteiger charge is 2.28. The van der Waals surface area contributed by atoms with Crippen LogP contribution in [0.2, 0.25) is 0 Å². The number of amides is 1. The number of fused-ring (bicyclic) bond motifs is 1. The van der Waals surface area contributed by atoms with Gasteiger partial charge in [0.2, 0.25) is 5.91 Å². The predicted molar refractivity (Wildman–Crippen MR) is 108 cm³/mol. The minimum Gasteiger partial charge on any atom is -0.366 e. The van der Waals surface area contributed by atoms with Crippen LogP contribution in [0.1, 0.15) is 12.8 Å². The van der Waals surface area contributed by atoms with Gasteiger partial charge in [0.1, 0.15) is 5.69 Å². The molecule has 1 aliphatic rings. The highest BCUT2D eigenvalue weighted by Crippen LogP contribution is 2.31. The molecule has 0 saturated carbocycles. The van der Waals surface area contributed by atoms with Crippen LogP contribution in [0.4, 0.5) is 17.1 Å². The standard InChI is InChI=1S/C21H20N4O3/c26-21(23-17-13-16-5-1-2-6-18(16)22-14-17)15-9-11-24(12-10-15)19-7-3-4-8-20(19)25(27)28/h1-8,13-15H,9-12H2,(H,23,26). The Bertz CT molecular complexity index is 1030. The van der Waals surface area contributed by atoms with Crippen LogP contribution in [0.3, 0.4) is 0 Å². The molecular formula is C21H20N4O3. The zero-order valence-corrected chi connectivity index (χ0v) is 15.2. The second-order valence-corrected chi connectivity index (χ2v) is 6.91. The summed E-state index contributed by atoms with van der Waals surface area (Å²) >= 11 is 0. The molecule has 2 heterocycles. The van der Waals surface area contributed by atoms with Crippen LogP contribution in [0, 0.1) is 16.0 Å². The lowest BCUT2D eigenvalue weighted by Gasteiger charge is -2.32. The maximum Gasteiger partial charge on any atom is 0.292 e. The van der Waals surface area contributed by atoms with Gasteiger partial charge in [-0.25, -0.2) is 0 Å². The van der Waals surface area contributed by atoms with Crippen molar-refractivity contribution in [2.45, 2.75) is 12.8 Å². The molecule has 0 unspecified atom stereocenters. The Labute approximate surface area is 162 Å². The Morgan fingerprint density at radius 1 is 1.11 bits per heavy atom. The monoisotopic (exact) mass is 376 g/mol. The number of pyridine rings is 1. The van der Waals surface area contributed by atoms with Crippen LogP contribution < -0.4 is 10.2 Å². The van der Waals surface area contributed by atoms with Gasteiger partial charge in [-0.3, -0.25) is 19.9 Å². The van der Waals surface area contributed by atoms with Crippen molar-refractivity contribution in [1.29, 1.82) is 0 Å². The smallest absolute Gasteiger partial charge is 0.292 e. The molecular weight excluding hydrogens is 356 g/mol. The maximum atomic E-state index is 12.7. The van der Waals surface area contributed by atoms with E-state index in [9.17, 15) is 14.9 Å². The summed E-state index contributed by atoms with van der Waals surface area (Å²) in [6.45, 7) is 1.22. The Morgan fingerprint density at radius 3 is 2.61 bits per heavy atom. The molecule has 7 heteroatoms. The molecule has 142 valence electrons. The lowest BCUT2D eigenvalue weighted by molar-refractivity contribution is -0.384. The van der Waals surface area contributed by atoms with Crippen molar-refractivity contribution < 1.29 is 9.72 Å². The fourth-order valence-electron chi connectivity index (χ4n) is 3.65. The van der Waals surface area contributed by atoms with E-state index in [1.54, 1.807) is 24.4 Å². The normalized spacial score (nSPS) is 14.8. The first-order chi connectivity index (χ1) is 13.6. The molecule has 1 aliphatic heterocycles. The largest absolute Gasteiger partial charge is 0.366 e. The van der Waals surface area contributed by atoms with E-state index in [0.717, 1.165) is 10.9 Å². The first kappa shape index (κ1) is 17.9. The summed E-state index contributed by atoms with van der Waals surface area (Å²) < 4.78 is 0. The minimum absolute atomic E-state index is 0.0284. The molecule has 1 fully saturated rings. The number of piperidine rings is 1. The van der Waals surface area contributed by atoms with E-state index in [4.69, 9.17) is 0 Å². The second-order valence-electron chi connectivity index (χ2n) is 6.91. The molecule has 0 bridgehead atoms. The summed E-state index contributed by atoms with van der Waals surface area (Å²) in [5.74, 6) is -0.148. The fraction of sp³-hybridized carbons (Fsp3) is 0.238. The van der Waals surface area contributed by atoms with Gasteiger partial charge in [-0.05, 0) is 31.0 Å². The van der Waals surface area contributed by atoms with Gasteiger partial charge in [0.25, 0.3) is 5.69 Å². The summed E-state index contributed by atoms with van der Waals surface area (Å²) in [5.41, 5.74) is 2.29. The van der Waals surface area contributed by atoms with Crippen molar-refractivity contribution in [2.75, 3.05) is 23.3 Å². The van der Waals surface area contributed by atoms with Gasteiger partial charge in [-0.15, -0.1) is 0 Å². The van der Waals surface area contributed by atoms with Crippen LogP contribution in [-0.4, -0.2) is 28.9 Å². The number of carbonyl (C=O) groups is 1. The summed E-state index contributed by atoms with van der Waals surface area (Å²) in [4.78, 5) is 29.9. The van der Waals surface area contributed by atoms with E-state index in [-0.39, 0.29) is 22.4 Å². The van der Waals surface area contributed by atoms with E-state index < -0.39 is 0 Å². The zero-order valence-electron chi connectivity index (χ0n) is 15.2. The molecule has 1 N–H and O–H groups in total. The van der Waals surface area contributed by atoms with E-state index in [1.807, 2.05) is 35.2 Å². The molecule has 0 spiro atoms. The van der Waals surface area contributed by atoms with Crippen molar-refractivity contribution in [3.05, 3.63) is 70.9 Å². The molecule has 1 aromatic heterocycles. The maximum absolute atomic E-state index is 12.7. The van der Waals surface area contributed by atoms with Gasteiger partial charge in [-0.2, -0.15) is 0 Å². The summed E-state index contributed by atoms with van der Waals surface area (Å²) in [7, 11) is 0. The Morgan fingerprint density at radius 2 is 1.82 bits per heavy atom. The molecule has 28 heavy (non-hydrogen) atoms. The number of anilines is 2. The molecule has 0 aliphatic carbocycles. The van der Waals surface area contributed by atoms with Gasteiger partial charge in [0.05, 0.1) is 22.3 Å². The number of hydrogen-bond acceptors (Lipinski definition) is 5. The zero-order chi connectivity index (χ0) is 19.5. The van der Waals surface area contributed by atoms with Crippen molar-refractivity contribution in [2.24, 2.45) is 5.92 Å². The molecule has 4 rings (SSSR count). The number of para-hydroxylation sites is 3. The second kappa shape index (κ2) is 7.64. The van der Waals surface area contributed by atoms with E-state index in [1.165, 1.54) is 6.07 Å². The molecule has 1 amide bonds. The fourth-order valence-corrected chi connectivity index (χ4v) is 3.65. The van der Waals surface area contributed by atoms with E-state index in [2.05, 4.69) is 10.3 Å². The van der Waals surface area contributed by atoms with Crippen LogP contribution in [0.25, 0.3) is 10.9 Å². The number of rotatable bonds is 4. The summed E-state index contributed by atoms with van der Waals surface area (Å²) in [6.07, 6.45) is 2.97. The number of nitro groups is 1. The van der Waals surface area contributed by atoms with Gasteiger partial charge in [0, 0.05) is 30.5 Å². The van der Waals surface area contributed by atoms with E-state index >= 15 is 0 Å². The molecule has 7 nitrogen and oxygen atoms in total. The first-order valence-corrected chi connectivity index (χ1v) is 9.26. The highest BCUT2D eigenvalue weighted by atomic mass is 16.6. The van der Waals surface area contributed by atoms with Crippen LogP contribution in [-0.2, 0) is 4.79 Å². The lowest BCUT2D eigenvalue weighted by Crippen LogP contribution is -2.38. The SMILES string of the molecule is O=C(Nc1cnc2ccccc2c1)C1CCN(c2ccccc2[N+](=O)[O-])CC1. The Kier molecular flexibility index (Phi) is 4.89. The highest BCUT2D eigenvalue weighted by molar-refractivity contribution is 5.94. The Hall–Kier alpha value is -3.48. The summed E-state index contributed by atoms with van der Waals surface area (Å²) in [5, 5.41) is 15.2. The van der Waals surface area contributed by atoms with E-state index in [0.29, 0.717) is 37.3 Å². The lowest BCUT2D eigenvalue weighted by atomic mass is 9.95. The van der Waals surface area contributed by atoms with Crippen molar-refractivity contribution in [3.8, 4) is 0 Å². The number of nitrogens with zero attached hydrogens (tertiary/aromatic N) is 3. The minimum atomic E-state index is -0.360. The third-order valence-corrected chi connectivity index (χ3v) is 5.14. The molecule has 0 atom stereocenters. The van der Waals surface area contributed by atoms with Gasteiger partial charge >= 0.3 is 0 Å². The van der Waals surface area contributed by atoms with Crippen LogP contribution in [0.15, 0.2) is 60.8 Å².